The van der Waals surface area contributed by atoms with Gasteiger partial charge < -0.3 is 20.0 Å². The number of fused-ring (bicyclic) bond motifs is 1. The molecule has 162 valence electrons. The average molecular weight is 428 g/mol. The van der Waals surface area contributed by atoms with E-state index in [-0.39, 0.29) is 25.0 Å². The maximum absolute atomic E-state index is 14.4. The maximum atomic E-state index is 14.4. The number of aromatic nitrogens is 2. The Morgan fingerprint density at radius 2 is 2.03 bits per heavy atom. The number of carbonyl (C=O) groups excluding carboxylic acids is 1. The number of carbonyl (C=O) groups is 1. The summed E-state index contributed by atoms with van der Waals surface area (Å²) in [4.78, 5) is 16.4. The van der Waals surface area contributed by atoms with Crippen molar-refractivity contribution in [2.75, 3.05) is 31.1 Å². The SMILES string of the molecule is O=C(c1cnn2ccc(N3CCC[C@@H]3c3cc(F)ccc3F)cc12)N1CC(O)(CO)C1. The summed E-state index contributed by atoms with van der Waals surface area (Å²) < 4.78 is 29.8. The van der Waals surface area contributed by atoms with Gasteiger partial charge in [-0.2, -0.15) is 5.10 Å². The second-order valence-electron chi connectivity index (χ2n) is 8.33. The van der Waals surface area contributed by atoms with Crippen LogP contribution in [-0.2, 0) is 0 Å². The number of anilines is 1. The number of hydrogen-bond acceptors (Lipinski definition) is 5. The minimum Gasteiger partial charge on any atom is -0.393 e. The quantitative estimate of drug-likeness (QED) is 0.666. The van der Waals surface area contributed by atoms with Gasteiger partial charge in [-0.15, -0.1) is 0 Å². The highest BCUT2D eigenvalue weighted by Gasteiger charge is 2.43. The zero-order valence-electron chi connectivity index (χ0n) is 16.7. The molecule has 2 N–H and O–H groups in total. The summed E-state index contributed by atoms with van der Waals surface area (Å²) in [5.74, 6) is -1.19. The van der Waals surface area contributed by atoms with Crippen LogP contribution < -0.4 is 4.90 Å². The van der Waals surface area contributed by atoms with Crippen molar-refractivity contribution in [1.29, 1.82) is 0 Å². The summed E-state index contributed by atoms with van der Waals surface area (Å²) in [7, 11) is 0. The van der Waals surface area contributed by atoms with Crippen molar-refractivity contribution >= 4 is 17.1 Å². The molecule has 3 aromatic rings. The summed E-state index contributed by atoms with van der Waals surface area (Å²) in [6, 6.07) is 6.89. The molecule has 0 spiro atoms. The third kappa shape index (κ3) is 3.34. The number of pyridine rings is 1. The molecule has 1 amide bonds. The Morgan fingerprint density at radius 3 is 2.81 bits per heavy atom. The smallest absolute Gasteiger partial charge is 0.257 e. The van der Waals surface area contributed by atoms with E-state index < -0.39 is 23.8 Å². The Hall–Kier alpha value is -3.04. The van der Waals surface area contributed by atoms with Crippen LogP contribution in [0.1, 0.15) is 34.8 Å². The second kappa shape index (κ2) is 7.28. The van der Waals surface area contributed by atoms with E-state index in [9.17, 15) is 23.8 Å². The van der Waals surface area contributed by atoms with Crippen LogP contribution >= 0.6 is 0 Å². The van der Waals surface area contributed by atoms with Crippen molar-refractivity contribution in [1.82, 2.24) is 14.5 Å². The molecule has 0 aliphatic carbocycles. The van der Waals surface area contributed by atoms with Gasteiger partial charge in [0.2, 0.25) is 0 Å². The number of amides is 1. The van der Waals surface area contributed by atoms with Gasteiger partial charge in [-0.3, -0.25) is 4.79 Å². The lowest BCUT2D eigenvalue weighted by Gasteiger charge is -2.45. The molecular weight excluding hydrogens is 406 g/mol. The van der Waals surface area contributed by atoms with Crippen LogP contribution in [0.2, 0.25) is 0 Å². The molecule has 2 saturated heterocycles. The van der Waals surface area contributed by atoms with Gasteiger partial charge in [-0.25, -0.2) is 13.3 Å². The number of hydrogen-bond donors (Lipinski definition) is 2. The Balaban J connectivity index is 1.46. The first-order chi connectivity index (χ1) is 14.9. The van der Waals surface area contributed by atoms with Crippen molar-refractivity contribution in [2.24, 2.45) is 0 Å². The minimum absolute atomic E-state index is 0.0619. The van der Waals surface area contributed by atoms with E-state index >= 15 is 0 Å². The van der Waals surface area contributed by atoms with Crippen LogP contribution in [0.3, 0.4) is 0 Å². The van der Waals surface area contributed by atoms with Crippen LogP contribution in [0.25, 0.3) is 5.52 Å². The molecule has 1 aromatic carbocycles. The molecular formula is C22H22F2N4O3. The molecule has 1 atom stereocenters. The standard InChI is InChI=1S/C22H22F2N4O3/c23-14-3-4-18(24)16(8-14)19-2-1-6-27(19)15-5-7-28-20(9-15)17(10-25-28)21(30)26-11-22(31,12-26)13-29/h3-5,7-10,19,29,31H,1-2,6,11-13H2/t19-/m1/s1. The number of β-amino-alcohol motifs (C(OH)–C–C–N with tert-alkyl or cyclic N) is 1. The molecule has 0 radical (unpaired) electrons. The highest BCUT2D eigenvalue weighted by Crippen LogP contribution is 2.38. The van der Waals surface area contributed by atoms with Crippen molar-refractivity contribution in [3.63, 3.8) is 0 Å². The predicted molar refractivity (Wildman–Crippen MR) is 109 cm³/mol. The van der Waals surface area contributed by atoms with Gasteiger partial charge in [-0.1, -0.05) is 0 Å². The highest BCUT2D eigenvalue weighted by atomic mass is 19.1. The molecule has 7 nitrogen and oxygen atoms in total. The van der Waals surface area contributed by atoms with Gasteiger partial charge in [0.05, 0.1) is 43.0 Å². The first-order valence-corrected chi connectivity index (χ1v) is 10.2. The van der Waals surface area contributed by atoms with Gasteiger partial charge >= 0.3 is 0 Å². The summed E-state index contributed by atoms with van der Waals surface area (Å²) in [6.07, 6.45) is 4.75. The van der Waals surface area contributed by atoms with Crippen LogP contribution in [0.4, 0.5) is 14.5 Å². The zero-order chi connectivity index (χ0) is 21.8. The number of aliphatic hydroxyl groups excluding tert-OH is 1. The number of nitrogens with zero attached hydrogens (tertiary/aromatic N) is 4. The van der Waals surface area contributed by atoms with Crippen molar-refractivity contribution in [2.45, 2.75) is 24.5 Å². The van der Waals surface area contributed by atoms with E-state index in [2.05, 4.69) is 5.10 Å². The zero-order valence-corrected chi connectivity index (χ0v) is 16.7. The van der Waals surface area contributed by atoms with Crippen molar-refractivity contribution in [3.8, 4) is 0 Å². The molecule has 0 bridgehead atoms. The van der Waals surface area contributed by atoms with Gasteiger partial charge in [0, 0.05) is 24.0 Å². The molecule has 0 saturated carbocycles. The Kier molecular flexibility index (Phi) is 4.67. The third-order valence-corrected chi connectivity index (χ3v) is 6.19. The molecule has 4 heterocycles. The van der Waals surface area contributed by atoms with Crippen LogP contribution in [0.5, 0.6) is 0 Å². The molecule has 2 aliphatic heterocycles. The maximum Gasteiger partial charge on any atom is 0.257 e. The summed E-state index contributed by atoms with van der Waals surface area (Å²) in [6.45, 7) is 0.408. The molecule has 2 aromatic heterocycles. The van der Waals surface area contributed by atoms with E-state index in [0.717, 1.165) is 24.2 Å². The van der Waals surface area contributed by atoms with E-state index in [4.69, 9.17) is 0 Å². The predicted octanol–water partition coefficient (Wildman–Crippen LogP) is 2.13. The summed E-state index contributed by atoms with van der Waals surface area (Å²) in [5, 5.41) is 23.4. The summed E-state index contributed by atoms with van der Waals surface area (Å²) >= 11 is 0. The number of halogens is 2. The molecule has 2 aliphatic rings. The van der Waals surface area contributed by atoms with Gasteiger partial charge in [0.15, 0.2) is 0 Å². The Labute approximate surface area is 177 Å². The van der Waals surface area contributed by atoms with E-state index in [1.807, 2.05) is 17.0 Å². The molecule has 9 heteroatoms. The molecule has 31 heavy (non-hydrogen) atoms. The Morgan fingerprint density at radius 1 is 1.23 bits per heavy atom. The highest BCUT2D eigenvalue weighted by molar-refractivity contribution is 6.01. The van der Waals surface area contributed by atoms with Gasteiger partial charge in [0.25, 0.3) is 5.91 Å². The van der Waals surface area contributed by atoms with E-state index in [1.165, 1.54) is 17.2 Å². The molecule has 0 unspecified atom stereocenters. The number of aliphatic hydroxyl groups is 2. The minimum atomic E-state index is -1.25. The van der Waals surface area contributed by atoms with E-state index in [1.54, 1.807) is 10.7 Å². The van der Waals surface area contributed by atoms with Crippen LogP contribution in [-0.4, -0.2) is 62.5 Å². The van der Waals surface area contributed by atoms with Crippen LogP contribution in [0.15, 0.2) is 42.7 Å². The molecule has 2 fully saturated rings. The lowest BCUT2D eigenvalue weighted by molar-refractivity contribution is -0.109. The first kappa shape index (κ1) is 19.9. The van der Waals surface area contributed by atoms with Crippen LogP contribution in [0, 0.1) is 11.6 Å². The third-order valence-electron chi connectivity index (χ3n) is 6.19. The summed E-state index contributed by atoms with van der Waals surface area (Å²) in [5.41, 5.74) is 0.846. The Bertz CT molecular complexity index is 1160. The number of likely N-dealkylation sites (tertiary alicyclic amines) is 1. The number of benzene rings is 1. The monoisotopic (exact) mass is 428 g/mol. The number of rotatable bonds is 4. The normalized spacial score (nSPS) is 20.3. The lowest BCUT2D eigenvalue weighted by Crippen LogP contribution is -2.65. The van der Waals surface area contributed by atoms with Crippen molar-refractivity contribution in [3.05, 3.63) is 65.5 Å². The topological polar surface area (TPSA) is 81.3 Å². The molecule has 5 rings (SSSR count). The fourth-order valence-electron chi connectivity index (χ4n) is 4.56. The fraction of sp³-hybridized carbons (Fsp3) is 0.364. The van der Waals surface area contributed by atoms with Crippen molar-refractivity contribution < 1.29 is 23.8 Å². The van der Waals surface area contributed by atoms with E-state index in [0.29, 0.717) is 29.6 Å². The van der Waals surface area contributed by atoms with Gasteiger partial charge in [-0.05, 0) is 43.2 Å². The first-order valence-electron chi connectivity index (χ1n) is 10.2. The second-order valence-corrected chi connectivity index (χ2v) is 8.33. The lowest BCUT2D eigenvalue weighted by atomic mass is 9.94. The average Bonchev–Trinajstić information content (AvgIpc) is 3.39. The fourth-order valence-corrected chi connectivity index (χ4v) is 4.56. The largest absolute Gasteiger partial charge is 0.393 e. The van der Waals surface area contributed by atoms with Gasteiger partial charge in [0.1, 0.15) is 17.2 Å².